The summed E-state index contributed by atoms with van der Waals surface area (Å²) >= 11 is 0. The first-order valence-electron chi connectivity index (χ1n) is 7.32. The van der Waals surface area contributed by atoms with Gasteiger partial charge in [0.2, 0.25) is 0 Å². The van der Waals surface area contributed by atoms with Gasteiger partial charge in [0.15, 0.2) is 0 Å². The molecule has 2 aromatic heterocycles. The van der Waals surface area contributed by atoms with Gasteiger partial charge in [-0.1, -0.05) is 18.2 Å². The molecule has 1 aromatic carbocycles. The van der Waals surface area contributed by atoms with Gasteiger partial charge in [-0.25, -0.2) is 0 Å². The predicted octanol–water partition coefficient (Wildman–Crippen LogP) is 1.88. The van der Waals surface area contributed by atoms with E-state index in [2.05, 4.69) is 48.9 Å². The molecule has 0 saturated carbocycles. The highest BCUT2D eigenvalue weighted by molar-refractivity contribution is 5.81. The Labute approximate surface area is 123 Å². The zero-order chi connectivity index (χ0) is 14.1. The van der Waals surface area contributed by atoms with Crippen LogP contribution < -0.4 is 0 Å². The molecule has 3 aromatic rings. The monoisotopic (exact) mass is 279 g/mol. The van der Waals surface area contributed by atoms with Crippen LogP contribution in [0.15, 0.2) is 42.9 Å². The van der Waals surface area contributed by atoms with E-state index in [1.807, 2.05) is 18.6 Å². The van der Waals surface area contributed by atoms with Crippen LogP contribution in [0.3, 0.4) is 0 Å². The van der Waals surface area contributed by atoms with Crippen LogP contribution in [0.1, 0.15) is 11.4 Å². The van der Waals surface area contributed by atoms with Crippen LogP contribution in [0.2, 0.25) is 0 Å². The number of hydrogen-bond acceptors (Lipinski definition) is 4. The number of nitrogens with zero attached hydrogens (tertiary/aromatic N) is 5. The molecule has 106 valence electrons. The summed E-state index contributed by atoms with van der Waals surface area (Å²) in [5, 5.41) is 9.42. The molecule has 0 spiro atoms. The zero-order valence-electron chi connectivity index (χ0n) is 11.8. The summed E-state index contributed by atoms with van der Waals surface area (Å²) in [5.74, 6) is 1.09. The second kappa shape index (κ2) is 5.26. The van der Waals surface area contributed by atoms with Crippen LogP contribution >= 0.6 is 0 Å². The van der Waals surface area contributed by atoms with Crippen LogP contribution in [0, 0.1) is 0 Å². The lowest BCUT2D eigenvalue weighted by Crippen LogP contribution is -2.26. The molecule has 5 nitrogen and oxygen atoms in total. The first-order valence-corrected chi connectivity index (χ1v) is 7.32. The topological polar surface area (TPSA) is 46.8 Å². The van der Waals surface area contributed by atoms with Crippen molar-refractivity contribution >= 4 is 10.9 Å². The van der Waals surface area contributed by atoms with Crippen molar-refractivity contribution in [2.45, 2.75) is 19.5 Å². The number of rotatable bonds is 2. The molecule has 3 heterocycles. The Hall–Kier alpha value is -2.27. The molecule has 1 aliphatic rings. The molecule has 0 atom stereocenters. The van der Waals surface area contributed by atoms with E-state index in [0.29, 0.717) is 0 Å². The highest BCUT2D eigenvalue weighted by atomic mass is 15.3. The fourth-order valence-electron chi connectivity index (χ4n) is 2.98. The summed E-state index contributed by atoms with van der Waals surface area (Å²) in [6.07, 6.45) is 4.65. The smallest absolute Gasteiger partial charge is 0.134 e. The summed E-state index contributed by atoms with van der Waals surface area (Å²) in [5.41, 5.74) is 2.42. The maximum Gasteiger partial charge on any atom is 0.134 e. The zero-order valence-corrected chi connectivity index (χ0v) is 11.8. The Morgan fingerprint density at radius 3 is 3.05 bits per heavy atom. The largest absolute Gasteiger partial charge is 0.316 e. The lowest BCUT2D eigenvalue weighted by Gasteiger charge is -2.20. The third kappa shape index (κ3) is 2.40. The lowest BCUT2D eigenvalue weighted by molar-refractivity contribution is 0.272. The number of aromatic nitrogens is 4. The van der Waals surface area contributed by atoms with E-state index in [4.69, 9.17) is 0 Å². The first-order chi connectivity index (χ1) is 10.4. The van der Waals surface area contributed by atoms with Crippen molar-refractivity contribution in [3.8, 4) is 0 Å². The average Bonchev–Trinajstić information content (AvgIpc) is 2.90. The molecule has 1 aliphatic heterocycles. The Morgan fingerprint density at radius 2 is 2.05 bits per heavy atom. The molecular weight excluding hydrogens is 262 g/mol. The predicted molar refractivity (Wildman–Crippen MR) is 80.7 cm³/mol. The van der Waals surface area contributed by atoms with Crippen molar-refractivity contribution in [3.05, 3.63) is 54.2 Å². The summed E-state index contributed by atoms with van der Waals surface area (Å²) in [6.45, 7) is 3.98. The molecule has 0 amide bonds. The molecule has 0 N–H and O–H groups in total. The third-order valence-corrected chi connectivity index (χ3v) is 4.13. The second-order valence-corrected chi connectivity index (χ2v) is 5.45. The van der Waals surface area contributed by atoms with Crippen molar-refractivity contribution < 1.29 is 0 Å². The van der Waals surface area contributed by atoms with Crippen molar-refractivity contribution in [2.75, 3.05) is 13.1 Å². The van der Waals surface area contributed by atoms with E-state index in [-0.39, 0.29) is 0 Å². The molecule has 0 saturated heterocycles. The summed E-state index contributed by atoms with van der Waals surface area (Å²) in [4.78, 5) is 6.92. The molecule has 0 radical (unpaired) electrons. The van der Waals surface area contributed by atoms with Crippen molar-refractivity contribution in [1.29, 1.82) is 0 Å². The Kier molecular flexibility index (Phi) is 3.12. The standard InChI is InChI=1S/C16H17N5/c1-3-13(14-4-2-7-17-15(14)5-1)11-20-8-6-16-19-18-12-21(16)10-9-20/h1-5,7,12H,6,8-11H2. The lowest BCUT2D eigenvalue weighted by atomic mass is 10.1. The number of benzene rings is 1. The van der Waals surface area contributed by atoms with Gasteiger partial charge in [0.05, 0.1) is 5.52 Å². The quantitative estimate of drug-likeness (QED) is 0.718. The molecule has 21 heavy (non-hydrogen) atoms. The fraction of sp³-hybridized carbons (Fsp3) is 0.312. The van der Waals surface area contributed by atoms with E-state index in [0.717, 1.165) is 43.9 Å². The molecule has 5 heteroatoms. The maximum absolute atomic E-state index is 4.44. The minimum atomic E-state index is 0.960. The van der Waals surface area contributed by atoms with Crippen LogP contribution in [0.5, 0.6) is 0 Å². The van der Waals surface area contributed by atoms with Crippen LogP contribution in [0.4, 0.5) is 0 Å². The Morgan fingerprint density at radius 1 is 1.05 bits per heavy atom. The van der Waals surface area contributed by atoms with Gasteiger partial charge in [-0.3, -0.25) is 9.88 Å². The highest BCUT2D eigenvalue weighted by Crippen LogP contribution is 2.19. The Bertz CT molecular complexity index is 736. The van der Waals surface area contributed by atoms with E-state index >= 15 is 0 Å². The number of hydrogen-bond donors (Lipinski definition) is 0. The van der Waals surface area contributed by atoms with Gasteiger partial charge >= 0.3 is 0 Å². The van der Waals surface area contributed by atoms with E-state index in [1.165, 1.54) is 10.9 Å². The van der Waals surface area contributed by atoms with Gasteiger partial charge in [0, 0.05) is 44.2 Å². The van der Waals surface area contributed by atoms with E-state index in [1.54, 1.807) is 0 Å². The minimum absolute atomic E-state index is 0.960. The molecule has 0 aliphatic carbocycles. The maximum atomic E-state index is 4.44. The SMILES string of the molecule is c1cc(CN2CCc3nncn3CC2)c2cccnc2c1. The number of pyridine rings is 1. The molecular formula is C16H17N5. The normalized spacial score (nSPS) is 15.8. The van der Waals surface area contributed by atoms with Crippen LogP contribution in [-0.4, -0.2) is 37.7 Å². The third-order valence-electron chi connectivity index (χ3n) is 4.13. The summed E-state index contributed by atoms with van der Waals surface area (Å²) in [7, 11) is 0. The molecule has 0 fully saturated rings. The Balaban J connectivity index is 1.57. The minimum Gasteiger partial charge on any atom is -0.316 e. The molecule has 0 unspecified atom stereocenters. The average molecular weight is 279 g/mol. The number of fused-ring (bicyclic) bond motifs is 2. The van der Waals surface area contributed by atoms with Crippen LogP contribution in [0.25, 0.3) is 10.9 Å². The van der Waals surface area contributed by atoms with Gasteiger partial charge in [-0.05, 0) is 17.7 Å². The second-order valence-electron chi connectivity index (χ2n) is 5.45. The van der Waals surface area contributed by atoms with Crippen LogP contribution in [-0.2, 0) is 19.5 Å². The van der Waals surface area contributed by atoms with Crippen molar-refractivity contribution in [3.63, 3.8) is 0 Å². The fourth-order valence-corrected chi connectivity index (χ4v) is 2.98. The molecule has 4 rings (SSSR count). The summed E-state index contributed by atoms with van der Waals surface area (Å²) in [6, 6.07) is 10.5. The van der Waals surface area contributed by atoms with Gasteiger partial charge < -0.3 is 4.57 Å². The van der Waals surface area contributed by atoms with E-state index in [9.17, 15) is 0 Å². The van der Waals surface area contributed by atoms with Gasteiger partial charge in [0.25, 0.3) is 0 Å². The summed E-state index contributed by atoms with van der Waals surface area (Å²) < 4.78 is 2.16. The first kappa shape index (κ1) is 12.5. The van der Waals surface area contributed by atoms with Gasteiger partial charge in [-0.15, -0.1) is 10.2 Å². The van der Waals surface area contributed by atoms with Crippen molar-refractivity contribution in [2.24, 2.45) is 0 Å². The highest BCUT2D eigenvalue weighted by Gasteiger charge is 2.15. The van der Waals surface area contributed by atoms with Crippen molar-refractivity contribution in [1.82, 2.24) is 24.6 Å². The van der Waals surface area contributed by atoms with Gasteiger partial charge in [0.1, 0.15) is 12.2 Å². The van der Waals surface area contributed by atoms with Gasteiger partial charge in [-0.2, -0.15) is 0 Å². The molecule has 0 bridgehead atoms. The van der Waals surface area contributed by atoms with E-state index < -0.39 is 0 Å².